The van der Waals surface area contributed by atoms with E-state index in [9.17, 15) is 9.50 Å². The van der Waals surface area contributed by atoms with Gasteiger partial charge < -0.3 is 5.11 Å². The molecule has 1 N–H and O–H groups in total. The number of halogens is 1. The Hall–Kier alpha value is -2.00. The SMILES string of the molecule is CC1=CC(C)(C)Cc2c1nc(C(C)C)c(CO)c2-c1ccc(F)cc1. The second-order valence-corrected chi connectivity index (χ2v) is 7.99. The number of benzene rings is 1. The lowest BCUT2D eigenvalue weighted by molar-refractivity contribution is 0.279. The molecule has 3 heteroatoms. The van der Waals surface area contributed by atoms with Crippen LogP contribution >= 0.6 is 0 Å². The maximum Gasteiger partial charge on any atom is 0.123 e. The molecule has 0 saturated heterocycles. The lowest BCUT2D eigenvalue weighted by Gasteiger charge is -2.32. The number of pyridine rings is 1. The third-order valence-electron chi connectivity index (χ3n) is 4.88. The molecule has 0 aliphatic heterocycles. The number of aliphatic hydroxyl groups is 1. The second-order valence-electron chi connectivity index (χ2n) is 7.99. The van der Waals surface area contributed by atoms with E-state index >= 15 is 0 Å². The second kappa shape index (κ2) is 6.38. The average Bonchev–Trinajstić information content (AvgIpc) is 2.53. The fraction of sp³-hybridized carbons (Fsp3) is 0.409. The molecular weight excluding hydrogens is 313 g/mol. The Balaban J connectivity index is 2.38. The summed E-state index contributed by atoms with van der Waals surface area (Å²) in [6.45, 7) is 10.6. The van der Waals surface area contributed by atoms with Crippen molar-refractivity contribution in [3.63, 3.8) is 0 Å². The van der Waals surface area contributed by atoms with E-state index in [4.69, 9.17) is 4.98 Å². The first-order chi connectivity index (χ1) is 11.7. The molecular formula is C22H26FNO. The van der Waals surface area contributed by atoms with Gasteiger partial charge in [0.25, 0.3) is 0 Å². The molecule has 25 heavy (non-hydrogen) atoms. The molecule has 2 aromatic rings. The molecule has 0 unspecified atom stereocenters. The highest BCUT2D eigenvalue weighted by atomic mass is 19.1. The maximum absolute atomic E-state index is 13.4. The number of fused-ring (bicyclic) bond motifs is 1. The van der Waals surface area contributed by atoms with Crippen molar-refractivity contribution < 1.29 is 9.50 Å². The first-order valence-corrected chi connectivity index (χ1v) is 8.86. The van der Waals surface area contributed by atoms with Crippen LogP contribution in [0.15, 0.2) is 30.3 Å². The van der Waals surface area contributed by atoms with Crippen molar-refractivity contribution >= 4 is 5.57 Å². The third-order valence-corrected chi connectivity index (χ3v) is 4.88. The van der Waals surface area contributed by atoms with E-state index in [1.807, 2.05) is 0 Å². The Kier molecular flexibility index (Phi) is 4.54. The number of rotatable bonds is 3. The van der Waals surface area contributed by atoms with Gasteiger partial charge in [0.2, 0.25) is 0 Å². The molecule has 2 nitrogen and oxygen atoms in total. The molecule has 0 atom stereocenters. The topological polar surface area (TPSA) is 33.1 Å². The summed E-state index contributed by atoms with van der Waals surface area (Å²) >= 11 is 0. The van der Waals surface area contributed by atoms with E-state index in [0.29, 0.717) is 0 Å². The predicted molar refractivity (Wildman–Crippen MR) is 101 cm³/mol. The van der Waals surface area contributed by atoms with Crippen molar-refractivity contribution in [2.75, 3.05) is 0 Å². The van der Waals surface area contributed by atoms with Crippen LogP contribution < -0.4 is 0 Å². The van der Waals surface area contributed by atoms with Crippen molar-refractivity contribution in [3.8, 4) is 11.1 Å². The summed E-state index contributed by atoms with van der Waals surface area (Å²) in [6, 6.07) is 6.56. The van der Waals surface area contributed by atoms with E-state index in [2.05, 4.69) is 40.7 Å². The molecule has 132 valence electrons. The zero-order valence-corrected chi connectivity index (χ0v) is 15.7. The van der Waals surface area contributed by atoms with Crippen LogP contribution in [-0.2, 0) is 13.0 Å². The number of aromatic nitrogens is 1. The summed E-state index contributed by atoms with van der Waals surface area (Å²) in [7, 11) is 0. The Labute approximate surface area is 149 Å². The number of allylic oxidation sites excluding steroid dienone is 2. The molecule has 0 bridgehead atoms. The maximum atomic E-state index is 13.4. The fourth-order valence-electron chi connectivity index (χ4n) is 3.95. The Morgan fingerprint density at radius 3 is 2.40 bits per heavy atom. The van der Waals surface area contributed by atoms with E-state index in [-0.39, 0.29) is 23.8 Å². The number of aliphatic hydroxyl groups excluding tert-OH is 1. The molecule has 0 spiro atoms. The first kappa shape index (κ1) is 17.8. The van der Waals surface area contributed by atoms with Crippen LogP contribution in [0.3, 0.4) is 0 Å². The summed E-state index contributed by atoms with van der Waals surface area (Å²) in [6.07, 6.45) is 3.13. The quantitative estimate of drug-likeness (QED) is 0.802. The summed E-state index contributed by atoms with van der Waals surface area (Å²) in [5.74, 6) is -0.0490. The Morgan fingerprint density at radius 1 is 1.20 bits per heavy atom. The van der Waals surface area contributed by atoms with Crippen LogP contribution in [0.4, 0.5) is 4.39 Å². The molecule has 1 aliphatic rings. The largest absolute Gasteiger partial charge is 0.392 e. The zero-order chi connectivity index (χ0) is 18.4. The van der Waals surface area contributed by atoms with Gasteiger partial charge in [-0.1, -0.05) is 45.9 Å². The monoisotopic (exact) mass is 339 g/mol. The molecule has 0 fully saturated rings. The number of hydrogen-bond donors (Lipinski definition) is 1. The zero-order valence-electron chi connectivity index (χ0n) is 15.7. The average molecular weight is 339 g/mol. The van der Waals surface area contributed by atoms with Crippen molar-refractivity contribution in [2.45, 2.75) is 53.6 Å². The van der Waals surface area contributed by atoms with Gasteiger partial charge in [-0.05, 0) is 59.1 Å². The van der Waals surface area contributed by atoms with E-state index in [1.54, 1.807) is 12.1 Å². The van der Waals surface area contributed by atoms with Gasteiger partial charge in [0, 0.05) is 11.3 Å². The van der Waals surface area contributed by atoms with Gasteiger partial charge in [0.15, 0.2) is 0 Å². The molecule has 0 amide bonds. The van der Waals surface area contributed by atoms with Gasteiger partial charge in [0.1, 0.15) is 5.82 Å². The van der Waals surface area contributed by atoms with Crippen LogP contribution in [0.25, 0.3) is 16.7 Å². The summed E-state index contributed by atoms with van der Waals surface area (Å²) in [4.78, 5) is 4.93. The highest BCUT2D eigenvalue weighted by molar-refractivity contribution is 5.80. The van der Waals surface area contributed by atoms with Gasteiger partial charge >= 0.3 is 0 Å². The predicted octanol–water partition coefficient (Wildman–Crippen LogP) is 5.49. The summed E-state index contributed by atoms with van der Waals surface area (Å²) < 4.78 is 13.4. The van der Waals surface area contributed by atoms with Crippen molar-refractivity contribution in [1.82, 2.24) is 4.98 Å². The highest BCUT2D eigenvalue weighted by Crippen LogP contribution is 2.43. The van der Waals surface area contributed by atoms with Crippen LogP contribution in [-0.4, -0.2) is 10.1 Å². The molecule has 1 aliphatic carbocycles. The van der Waals surface area contributed by atoms with Gasteiger partial charge in [0.05, 0.1) is 12.3 Å². The molecule has 0 saturated carbocycles. The minimum Gasteiger partial charge on any atom is -0.392 e. The molecule has 1 aromatic heterocycles. The minimum absolute atomic E-state index is 0.0274. The number of nitrogens with zero attached hydrogens (tertiary/aromatic N) is 1. The Morgan fingerprint density at radius 2 is 1.84 bits per heavy atom. The molecule has 1 aromatic carbocycles. The smallest absolute Gasteiger partial charge is 0.123 e. The first-order valence-electron chi connectivity index (χ1n) is 8.86. The molecule has 0 radical (unpaired) electrons. The van der Waals surface area contributed by atoms with Gasteiger partial charge in [-0.25, -0.2) is 4.39 Å². The van der Waals surface area contributed by atoms with Crippen LogP contribution in [0.2, 0.25) is 0 Å². The van der Waals surface area contributed by atoms with Crippen molar-refractivity contribution in [3.05, 3.63) is 58.7 Å². The summed E-state index contributed by atoms with van der Waals surface area (Å²) in [5, 5.41) is 10.1. The van der Waals surface area contributed by atoms with E-state index in [1.165, 1.54) is 17.7 Å². The minimum atomic E-state index is -0.252. The number of hydrogen-bond acceptors (Lipinski definition) is 2. The molecule has 3 rings (SSSR count). The molecule has 1 heterocycles. The van der Waals surface area contributed by atoms with E-state index in [0.717, 1.165) is 40.1 Å². The van der Waals surface area contributed by atoms with Gasteiger partial charge in [-0.3, -0.25) is 4.98 Å². The van der Waals surface area contributed by atoms with Crippen LogP contribution in [0, 0.1) is 11.2 Å². The van der Waals surface area contributed by atoms with E-state index < -0.39 is 0 Å². The summed E-state index contributed by atoms with van der Waals surface area (Å²) in [5.41, 5.74) is 7.12. The van der Waals surface area contributed by atoms with Crippen LogP contribution in [0.1, 0.15) is 63.1 Å². The van der Waals surface area contributed by atoms with Crippen molar-refractivity contribution in [2.24, 2.45) is 5.41 Å². The standard InChI is InChI=1S/C22H26FNO/c1-13(2)20-18(12-25)19(15-6-8-16(23)9-7-15)17-11-22(4,5)10-14(3)21(17)24-20/h6-10,13,25H,11-12H2,1-5H3. The van der Waals surface area contributed by atoms with Gasteiger partial charge in [-0.2, -0.15) is 0 Å². The highest BCUT2D eigenvalue weighted by Gasteiger charge is 2.30. The Bertz CT molecular complexity index is 832. The van der Waals surface area contributed by atoms with Crippen molar-refractivity contribution in [1.29, 1.82) is 0 Å². The lowest BCUT2D eigenvalue weighted by Crippen LogP contribution is -2.21. The van der Waals surface area contributed by atoms with Crippen LogP contribution in [0.5, 0.6) is 0 Å². The normalized spacial score (nSPS) is 15.9. The van der Waals surface area contributed by atoms with Gasteiger partial charge in [-0.15, -0.1) is 0 Å². The lowest BCUT2D eigenvalue weighted by atomic mass is 9.74. The fourth-order valence-corrected chi connectivity index (χ4v) is 3.95. The third kappa shape index (κ3) is 3.25.